The van der Waals surface area contributed by atoms with Crippen LogP contribution >= 0.6 is 11.3 Å². The van der Waals surface area contributed by atoms with E-state index in [1.54, 1.807) is 25.2 Å². The van der Waals surface area contributed by atoms with E-state index in [2.05, 4.69) is 22.0 Å². The molecule has 1 aliphatic heterocycles. The highest BCUT2D eigenvalue weighted by Crippen LogP contribution is 2.33. The highest BCUT2D eigenvalue weighted by molar-refractivity contribution is 7.18. The van der Waals surface area contributed by atoms with E-state index in [-0.39, 0.29) is 5.78 Å². The molecule has 1 aliphatic rings. The maximum atomic E-state index is 13.0. The van der Waals surface area contributed by atoms with Gasteiger partial charge >= 0.3 is 5.97 Å². The van der Waals surface area contributed by atoms with Crippen LogP contribution in [-0.2, 0) is 4.74 Å². The van der Waals surface area contributed by atoms with Crippen LogP contribution in [-0.4, -0.2) is 53.4 Å². The number of methoxy groups -OCH3 is 1. The van der Waals surface area contributed by atoms with Gasteiger partial charge in [0.15, 0.2) is 5.78 Å². The van der Waals surface area contributed by atoms with E-state index in [9.17, 15) is 9.59 Å². The number of ether oxygens (including phenoxy) is 1. The van der Waals surface area contributed by atoms with Crippen molar-refractivity contribution in [1.82, 2.24) is 14.9 Å². The molecule has 0 bridgehead atoms. The second-order valence-electron chi connectivity index (χ2n) is 7.63. The van der Waals surface area contributed by atoms with Crippen LogP contribution in [0.25, 0.3) is 10.2 Å². The monoisotopic (exact) mass is 411 g/mol. The van der Waals surface area contributed by atoms with Crippen molar-refractivity contribution in [3.05, 3.63) is 51.8 Å². The number of aryl methyl sites for hydroxylation is 1. The molecule has 0 radical (unpaired) electrons. The molecule has 0 spiro atoms. The molecule has 152 valence electrons. The van der Waals surface area contributed by atoms with Crippen LogP contribution in [0.3, 0.4) is 0 Å². The lowest BCUT2D eigenvalue weighted by Crippen LogP contribution is -2.38. The first-order valence-electron chi connectivity index (χ1n) is 9.86. The van der Waals surface area contributed by atoms with Gasteiger partial charge in [0.05, 0.1) is 40.1 Å². The molecule has 6 nitrogen and oxygen atoms in total. The number of hydrogen-bond donors (Lipinski definition) is 1. The molecule has 2 aromatic heterocycles. The van der Waals surface area contributed by atoms with E-state index in [1.807, 2.05) is 12.1 Å². The molecule has 0 unspecified atom stereocenters. The minimum Gasteiger partial charge on any atom is -0.465 e. The number of likely N-dealkylation sites (tertiary alicyclic amines) is 1. The third kappa shape index (κ3) is 3.84. The summed E-state index contributed by atoms with van der Waals surface area (Å²) in [5, 5.41) is 1.16. The predicted octanol–water partition coefficient (Wildman–Crippen LogP) is 4.09. The van der Waals surface area contributed by atoms with Crippen molar-refractivity contribution in [3.63, 3.8) is 0 Å². The number of para-hydroxylation sites is 1. The molecule has 4 rings (SSSR count). The summed E-state index contributed by atoms with van der Waals surface area (Å²) in [6, 6.07) is 8.21. The number of ketones is 1. The van der Waals surface area contributed by atoms with E-state index < -0.39 is 5.97 Å². The molecule has 1 fully saturated rings. The standard InChI is InChI=1S/C22H25N3O3S/c1-13-19(22(27)28-3)14(2)23-20(13)17(26)12-25-10-6-7-15(11-25)21-24-16-8-4-5-9-18(16)29-21/h4-5,8-9,15,23H,6-7,10-12H2,1-3H3/t15-/m1/s1. The molecule has 1 atom stereocenters. The smallest absolute Gasteiger partial charge is 0.339 e. The van der Waals surface area contributed by atoms with Crippen molar-refractivity contribution in [2.75, 3.05) is 26.7 Å². The lowest BCUT2D eigenvalue weighted by atomic mass is 9.98. The average Bonchev–Trinajstić information content (AvgIpc) is 3.28. The quantitative estimate of drug-likeness (QED) is 0.506. The van der Waals surface area contributed by atoms with Crippen LogP contribution in [0.4, 0.5) is 0 Å². The Hall–Kier alpha value is -2.51. The summed E-state index contributed by atoms with van der Waals surface area (Å²) < 4.78 is 6.05. The fourth-order valence-electron chi connectivity index (χ4n) is 4.18. The number of carbonyl (C=O) groups is 2. The van der Waals surface area contributed by atoms with Crippen LogP contribution in [0, 0.1) is 13.8 Å². The number of rotatable bonds is 5. The van der Waals surface area contributed by atoms with Crippen LogP contribution in [0.1, 0.15) is 55.9 Å². The zero-order valence-electron chi connectivity index (χ0n) is 16.9. The molecule has 0 saturated carbocycles. The number of fused-ring (bicyclic) bond motifs is 1. The van der Waals surface area contributed by atoms with Gasteiger partial charge in [-0.05, 0) is 50.9 Å². The molecule has 0 amide bonds. The second-order valence-corrected chi connectivity index (χ2v) is 8.70. The number of nitrogens with one attached hydrogen (secondary N) is 1. The van der Waals surface area contributed by atoms with Gasteiger partial charge in [0, 0.05) is 18.2 Å². The molecule has 1 saturated heterocycles. The number of hydrogen-bond acceptors (Lipinski definition) is 6. The Morgan fingerprint density at radius 1 is 1.31 bits per heavy atom. The molecule has 3 aromatic rings. The fourth-order valence-corrected chi connectivity index (χ4v) is 5.28. The van der Waals surface area contributed by atoms with E-state index in [0.717, 1.165) is 36.5 Å². The summed E-state index contributed by atoms with van der Waals surface area (Å²) in [5.41, 5.74) is 3.35. The second kappa shape index (κ2) is 8.08. The first-order chi connectivity index (χ1) is 14.0. The molecule has 3 heterocycles. The highest BCUT2D eigenvalue weighted by atomic mass is 32.1. The Labute approximate surface area is 173 Å². The first kappa shape index (κ1) is 19.8. The Kier molecular flexibility index (Phi) is 5.52. The minimum absolute atomic E-state index is 0.00528. The van der Waals surface area contributed by atoms with E-state index in [0.29, 0.717) is 35.0 Å². The maximum absolute atomic E-state index is 13.0. The van der Waals surface area contributed by atoms with Gasteiger partial charge in [0.2, 0.25) is 0 Å². The third-order valence-corrected chi connectivity index (χ3v) is 6.84. The number of Topliss-reactive ketones (excluding diaryl/α,β-unsaturated/α-hetero) is 1. The summed E-state index contributed by atoms with van der Waals surface area (Å²) in [5.74, 6) is -0.0547. The van der Waals surface area contributed by atoms with Gasteiger partial charge in [-0.25, -0.2) is 9.78 Å². The number of esters is 1. The van der Waals surface area contributed by atoms with Gasteiger partial charge in [-0.1, -0.05) is 12.1 Å². The minimum atomic E-state index is -0.413. The van der Waals surface area contributed by atoms with Gasteiger partial charge in [0.1, 0.15) is 0 Å². The fraction of sp³-hybridized carbons (Fsp3) is 0.409. The van der Waals surface area contributed by atoms with E-state index in [4.69, 9.17) is 9.72 Å². The predicted molar refractivity (Wildman–Crippen MR) is 114 cm³/mol. The van der Waals surface area contributed by atoms with Crippen molar-refractivity contribution >= 4 is 33.3 Å². The molecule has 7 heteroatoms. The van der Waals surface area contributed by atoms with Gasteiger partial charge in [-0.2, -0.15) is 0 Å². The van der Waals surface area contributed by atoms with Crippen LogP contribution in [0.5, 0.6) is 0 Å². The normalized spacial score (nSPS) is 17.6. The molecule has 1 N–H and O–H groups in total. The summed E-state index contributed by atoms with van der Waals surface area (Å²) in [6.45, 7) is 5.65. The van der Waals surface area contributed by atoms with Crippen LogP contribution in [0.2, 0.25) is 0 Å². The number of nitrogens with zero attached hydrogens (tertiary/aromatic N) is 2. The third-order valence-electron chi connectivity index (χ3n) is 5.64. The number of H-pyrrole nitrogens is 1. The Morgan fingerprint density at radius 2 is 2.10 bits per heavy atom. The molecular formula is C22H25N3O3S. The first-order valence-corrected chi connectivity index (χ1v) is 10.7. The number of carbonyl (C=O) groups excluding carboxylic acids is 2. The van der Waals surface area contributed by atoms with Gasteiger partial charge in [-0.15, -0.1) is 11.3 Å². The van der Waals surface area contributed by atoms with Crippen molar-refractivity contribution in [2.45, 2.75) is 32.6 Å². The number of thiazole rings is 1. The Bertz CT molecular complexity index is 1040. The SMILES string of the molecule is COC(=O)c1c(C)[nH]c(C(=O)CN2CCC[C@@H](c3nc4ccccc4s3)C2)c1C. The van der Waals surface area contributed by atoms with Crippen LogP contribution < -0.4 is 0 Å². The van der Waals surface area contributed by atoms with Crippen molar-refractivity contribution < 1.29 is 14.3 Å². The van der Waals surface area contributed by atoms with Gasteiger partial charge < -0.3 is 9.72 Å². The number of piperidine rings is 1. The zero-order valence-corrected chi connectivity index (χ0v) is 17.8. The average molecular weight is 412 g/mol. The largest absolute Gasteiger partial charge is 0.465 e. The van der Waals surface area contributed by atoms with Crippen molar-refractivity contribution in [2.24, 2.45) is 0 Å². The summed E-state index contributed by atoms with van der Waals surface area (Å²) >= 11 is 1.75. The molecular weight excluding hydrogens is 386 g/mol. The summed E-state index contributed by atoms with van der Waals surface area (Å²) in [6.07, 6.45) is 2.14. The summed E-state index contributed by atoms with van der Waals surface area (Å²) in [7, 11) is 1.35. The van der Waals surface area contributed by atoms with Gasteiger partial charge in [-0.3, -0.25) is 9.69 Å². The van der Waals surface area contributed by atoms with Gasteiger partial charge in [0.25, 0.3) is 0 Å². The topological polar surface area (TPSA) is 75.3 Å². The molecule has 1 aromatic carbocycles. The lowest BCUT2D eigenvalue weighted by molar-refractivity contribution is 0.0599. The molecule has 29 heavy (non-hydrogen) atoms. The number of aromatic amines is 1. The van der Waals surface area contributed by atoms with Crippen molar-refractivity contribution in [3.8, 4) is 0 Å². The summed E-state index contributed by atoms with van der Waals surface area (Å²) in [4.78, 5) is 35.1. The molecule has 0 aliphatic carbocycles. The Morgan fingerprint density at radius 3 is 2.86 bits per heavy atom. The number of aromatic nitrogens is 2. The van der Waals surface area contributed by atoms with E-state index in [1.165, 1.54) is 11.8 Å². The van der Waals surface area contributed by atoms with Crippen molar-refractivity contribution in [1.29, 1.82) is 0 Å². The zero-order chi connectivity index (χ0) is 20.5. The Balaban J connectivity index is 1.48. The van der Waals surface area contributed by atoms with Crippen LogP contribution in [0.15, 0.2) is 24.3 Å². The maximum Gasteiger partial charge on any atom is 0.339 e. The number of benzene rings is 1. The highest BCUT2D eigenvalue weighted by Gasteiger charge is 2.28. The lowest BCUT2D eigenvalue weighted by Gasteiger charge is -2.31. The van der Waals surface area contributed by atoms with E-state index >= 15 is 0 Å².